The summed E-state index contributed by atoms with van der Waals surface area (Å²) in [6, 6.07) is 0. The van der Waals surface area contributed by atoms with Crippen molar-refractivity contribution in [3.63, 3.8) is 0 Å². The van der Waals surface area contributed by atoms with Crippen molar-refractivity contribution in [3.05, 3.63) is 12.7 Å². The van der Waals surface area contributed by atoms with Crippen LogP contribution >= 0.6 is 11.6 Å². The highest BCUT2D eigenvalue weighted by Gasteiger charge is 2.23. The molecule has 0 aromatic carbocycles. The van der Waals surface area contributed by atoms with E-state index in [4.69, 9.17) is 25.8 Å². The lowest BCUT2D eigenvalue weighted by Crippen LogP contribution is -2.19. The number of hydrogen-bond acceptors (Lipinski definition) is 3. The van der Waals surface area contributed by atoms with Gasteiger partial charge in [-0.15, -0.1) is 11.6 Å². The van der Waals surface area contributed by atoms with Crippen molar-refractivity contribution in [3.8, 4) is 0 Å². The molecule has 0 amide bonds. The second-order valence-electron chi connectivity index (χ2n) is 2.46. The molecule has 4 heteroatoms. The van der Waals surface area contributed by atoms with E-state index in [-0.39, 0.29) is 12.4 Å². The van der Waals surface area contributed by atoms with Crippen molar-refractivity contribution in [2.45, 2.75) is 12.4 Å². The Balaban J connectivity index is 2.06. The molecule has 3 nitrogen and oxygen atoms in total. The molecular formula is C8H13ClO3. The maximum atomic E-state index is 5.43. The summed E-state index contributed by atoms with van der Waals surface area (Å²) in [4.78, 5) is 0. The van der Waals surface area contributed by atoms with Crippen LogP contribution in [0.5, 0.6) is 0 Å². The first kappa shape index (κ1) is 9.99. The van der Waals surface area contributed by atoms with E-state index in [9.17, 15) is 0 Å². The lowest BCUT2D eigenvalue weighted by atomic mass is 10.4. The molecular weight excluding hydrogens is 180 g/mol. The molecule has 1 aliphatic rings. The Morgan fingerprint density at radius 1 is 1.67 bits per heavy atom. The van der Waals surface area contributed by atoms with Gasteiger partial charge in [-0.1, -0.05) is 6.58 Å². The van der Waals surface area contributed by atoms with E-state index in [2.05, 4.69) is 6.58 Å². The zero-order valence-corrected chi connectivity index (χ0v) is 7.63. The summed E-state index contributed by atoms with van der Waals surface area (Å²) < 4.78 is 15.7. The predicted octanol–water partition coefficient (Wildman–Crippen LogP) is 1.17. The molecule has 1 rings (SSSR count). The molecule has 0 aromatic heterocycles. The van der Waals surface area contributed by atoms with E-state index in [1.807, 2.05) is 0 Å². The van der Waals surface area contributed by atoms with Gasteiger partial charge in [-0.2, -0.15) is 0 Å². The highest BCUT2D eigenvalue weighted by Crippen LogP contribution is 2.11. The van der Waals surface area contributed by atoms with Crippen LogP contribution in [0.4, 0.5) is 0 Å². The highest BCUT2D eigenvalue weighted by atomic mass is 35.5. The SMILES string of the molecule is C=CC1OCC(COCCCl)O1. The maximum absolute atomic E-state index is 5.43. The lowest BCUT2D eigenvalue weighted by Gasteiger charge is -2.08. The molecule has 0 aliphatic carbocycles. The topological polar surface area (TPSA) is 27.7 Å². The van der Waals surface area contributed by atoms with E-state index >= 15 is 0 Å². The first-order valence-electron chi connectivity index (χ1n) is 3.90. The third-order valence-electron chi connectivity index (χ3n) is 1.49. The lowest BCUT2D eigenvalue weighted by molar-refractivity contribution is -0.0383. The van der Waals surface area contributed by atoms with Crippen LogP contribution in [0.15, 0.2) is 12.7 Å². The van der Waals surface area contributed by atoms with Crippen LogP contribution in [0.3, 0.4) is 0 Å². The molecule has 0 radical (unpaired) electrons. The van der Waals surface area contributed by atoms with Gasteiger partial charge in [-0.25, -0.2) is 0 Å². The fourth-order valence-corrected chi connectivity index (χ4v) is 1.06. The van der Waals surface area contributed by atoms with Crippen LogP contribution in [-0.4, -0.2) is 38.1 Å². The Kier molecular flexibility index (Phi) is 4.61. The highest BCUT2D eigenvalue weighted by molar-refractivity contribution is 6.17. The first-order chi connectivity index (χ1) is 5.86. The molecule has 0 N–H and O–H groups in total. The van der Waals surface area contributed by atoms with Gasteiger partial charge in [0.2, 0.25) is 0 Å². The largest absolute Gasteiger partial charge is 0.377 e. The minimum absolute atomic E-state index is 0.0243. The quantitative estimate of drug-likeness (QED) is 0.372. The summed E-state index contributed by atoms with van der Waals surface area (Å²) in [6.07, 6.45) is 1.38. The average Bonchev–Trinajstić information content (AvgIpc) is 2.53. The third kappa shape index (κ3) is 3.11. The molecule has 12 heavy (non-hydrogen) atoms. The van der Waals surface area contributed by atoms with Crippen LogP contribution in [0.25, 0.3) is 0 Å². The maximum Gasteiger partial charge on any atom is 0.177 e. The Morgan fingerprint density at radius 2 is 2.50 bits per heavy atom. The predicted molar refractivity (Wildman–Crippen MR) is 46.3 cm³/mol. The second kappa shape index (κ2) is 5.54. The summed E-state index contributed by atoms with van der Waals surface area (Å²) in [5, 5.41) is 0. The van der Waals surface area contributed by atoms with Gasteiger partial charge >= 0.3 is 0 Å². The Labute approximate surface area is 77.2 Å². The number of hydrogen-bond donors (Lipinski definition) is 0. The second-order valence-corrected chi connectivity index (χ2v) is 2.84. The van der Waals surface area contributed by atoms with Crippen molar-refractivity contribution in [2.24, 2.45) is 0 Å². The zero-order valence-electron chi connectivity index (χ0n) is 6.87. The third-order valence-corrected chi connectivity index (χ3v) is 1.64. The van der Waals surface area contributed by atoms with Crippen molar-refractivity contribution in [1.82, 2.24) is 0 Å². The van der Waals surface area contributed by atoms with E-state index < -0.39 is 0 Å². The molecule has 1 aliphatic heterocycles. The number of ether oxygens (including phenoxy) is 3. The van der Waals surface area contributed by atoms with Gasteiger partial charge in [-0.3, -0.25) is 0 Å². The zero-order chi connectivity index (χ0) is 8.81. The standard InChI is InChI=1S/C8H13ClO3/c1-2-8-11-6-7(12-8)5-10-4-3-9/h2,7-8H,1,3-6H2. The first-order valence-corrected chi connectivity index (χ1v) is 4.43. The molecule has 1 heterocycles. The molecule has 2 unspecified atom stereocenters. The Bertz CT molecular complexity index is 140. The normalized spacial score (nSPS) is 29.1. The number of rotatable bonds is 5. The van der Waals surface area contributed by atoms with Gasteiger partial charge in [0.15, 0.2) is 6.29 Å². The minimum atomic E-state index is -0.269. The van der Waals surface area contributed by atoms with Crippen molar-refractivity contribution in [1.29, 1.82) is 0 Å². The Hall–Kier alpha value is -0.0900. The molecule has 2 atom stereocenters. The minimum Gasteiger partial charge on any atom is -0.377 e. The van der Waals surface area contributed by atoms with Crippen LogP contribution in [-0.2, 0) is 14.2 Å². The summed E-state index contributed by atoms with van der Waals surface area (Å²) in [7, 11) is 0. The molecule has 0 saturated carbocycles. The van der Waals surface area contributed by atoms with Gasteiger partial charge in [0, 0.05) is 5.88 Å². The van der Waals surface area contributed by atoms with Crippen LogP contribution in [0.2, 0.25) is 0 Å². The fourth-order valence-electron chi connectivity index (χ4n) is 0.951. The van der Waals surface area contributed by atoms with Crippen molar-refractivity contribution >= 4 is 11.6 Å². The smallest absolute Gasteiger partial charge is 0.177 e. The van der Waals surface area contributed by atoms with Gasteiger partial charge in [0.25, 0.3) is 0 Å². The van der Waals surface area contributed by atoms with E-state index in [1.165, 1.54) is 0 Å². The summed E-state index contributed by atoms with van der Waals surface area (Å²) in [5.74, 6) is 0.512. The average molecular weight is 193 g/mol. The van der Waals surface area contributed by atoms with Crippen molar-refractivity contribution < 1.29 is 14.2 Å². The van der Waals surface area contributed by atoms with Gasteiger partial charge < -0.3 is 14.2 Å². The molecule has 1 saturated heterocycles. The Morgan fingerprint density at radius 3 is 3.08 bits per heavy atom. The summed E-state index contributed by atoms with van der Waals surface area (Å²) >= 11 is 5.43. The van der Waals surface area contributed by atoms with Gasteiger partial charge in [-0.05, 0) is 6.08 Å². The monoisotopic (exact) mass is 192 g/mol. The van der Waals surface area contributed by atoms with E-state index in [0.717, 1.165) is 0 Å². The van der Waals surface area contributed by atoms with Crippen LogP contribution in [0.1, 0.15) is 0 Å². The fraction of sp³-hybridized carbons (Fsp3) is 0.750. The molecule has 0 bridgehead atoms. The molecule has 0 aromatic rings. The van der Waals surface area contributed by atoms with E-state index in [0.29, 0.717) is 25.7 Å². The number of alkyl halides is 1. The van der Waals surface area contributed by atoms with Crippen LogP contribution in [0, 0.1) is 0 Å². The summed E-state index contributed by atoms with van der Waals surface area (Å²) in [5.41, 5.74) is 0. The summed E-state index contributed by atoms with van der Waals surface area (Å²) in [6.45, 7) is 5.22. The molecule has 1 fully saturated rings. The van der Waals surface area contributed by atoms with Gasteiger partial charge in [0.05, 0.1) is 19.8 Å². The molecule has 70 valence electrons. The number of halogens is 1. The van der Waals surface area contributed by atoms with Gasteiger partial charge in [0.1, 0.15) is 6.10 Å². The van der Waals surface area contributed by atoms with E-state index in [1.54, 1.807) is 6.08 Å². The van der Waals surface area contributed by atoms with Crippen molar-refractivity contribution in [2.75, 3.05) is 25.7 Å². The van der Waals surface area contributed by atoms with Crippen LogP contribution < -0.4 is 0 Å². The molecule has 0 spiro atoms.